The Morgan fingerprint density at radius 1 is 1.13 bits per heavy atom. The molecule has 0 atom stereocenters. The second kappa shape index (κ2) is 8.21. The van der Waals surface area contributed by atoms with Crippen molar-refractivity contribution in [2.45, 2.75) is 12.8 Å². The van der Waals surface area contributed by atoms with Crippen LogP contribution in [-0.2, 0) is 4.74 Å². The summed E-state index contributed by atoms with van der Waals surface area (Å²) in [5.41, 5.74) is 1.19. The third kappa shape index (κ3) is 6.05. The molecule has 0 aliphatic heterocycles. The Bertz CT molecular complexity index is 267. The Kier molecular flexibility index (Phi) is 6.54. The highest BCUT2D eigenvalue weighted by molar-refractivity contribution is 5.48. The third-order valence-electron chi connectivity index (χ3n) is 2.02. The molecule has 1 rings (SSSR count). The van der Waals surface area contributed by atoms with E-state index in [1.165, 1.54) is 5.56 Å². The van der Waals surface area contributed by atoms with Crippen molar-refractivity contribution in [1.82, 2.24) is 0 Å². The summed E-state index contributed by atoms with van der Waals surface area (Å²) in [4.78, 5) is 0. The van der Waals surface area contributed by atoms with Gasteiger partial charge in [0, 0.05) is 13.2 Å². The van der Waals surface area contributed by atoms with Crippen LogP contribution >= 0.6 is 0 Å². The molecule has 0 saturated heterocycles. The summed E-state index contributed by atoms with van der Waals surface area (Å²) in [6.07, 6.45) is 5.80. The largest absolute Gasteiger partial charge is 0.396 e. The molecule has 0 unspecified atom stereocenters. The molecule has 0 amide bonds. The van der Waals surface area contributed by atoms with E-state index in [-0.39, 0.29) is 6.61 Å². The highest BCUT2D eigenvalue weighted by atomic mass is 16.5. The Morgan fingerprint density at radius 2 is 1.93 bits per heavy atom. The number of ether oxygens (including phenoxy) is 1. The molecule has 0 heterocycles. The zero-order valence-corrected chi connectivity index (χ0v) is 8.93. The van der Waals surface area contributed by atoms with E-state index < -0.39 is 0 Å². The summed E-state index contributed by atoms with van der Waals surface area (Å²) in [6, 6.07) is 10.1. The summed E-state index contributed by atoms with van der Waals surface area (Å²) < 4.78 is 5.36. The molecule has 15 heavy (non-hydrogen) atoms. The van der Waals surface area contributed by atoms with Crippen LogP contribution in [-0.4, -0.2) is 24.9 Å². The van der Waals surface area contributed by atoms with Crippen molar-refractivity contribution in [3.8, 4) is 0 Å². The lowest BCUT2D eigenvalue weighted by Crippen LogP contribution is -1.95. The van der Waals surface area contributed by atoms with Crippen LogP contribution in [0.1, 0.15) is 18.4 Å². The molecule has 82 valence electrons. The number of aliphatic hydroxyl groups excluding tert-OH is 1. The molecule has 1 aromatic carbocycles. The minimum Gasteiger partial charge on any atom is -0.396 e. The number of rotatable bonds is 7. The van der Waals surface area contributed by atoms with Crippen LogP contribution < -0.4 is 0 Å². The molecule has 0 aliphatic carbocycles. The molecule has 2 heteroatoms. The second-order valence-corrected chi connectivity index (χ2v) is 3.32. The van der Waals surface area contributed by atoms with Gasteiger partial charge in [0.15, 0.2) is 0 Å². The zero-order chi connectivity index (χ0) is 10.8. The van der Waals surface area contributed by atoms with Gasteiger partial charge < -0.3 is 9.84 Å². The number of hydrogen-bond acceptors (Lipinski definition) is 2. The van der Waals surface area contributed by atoms with Crippen LogP contribution in [0.15, 0.2) is 36.4 Å². The first-order chi connectivity index (χ1) is 7.43. The van der Waals surface area contributed by atoms with Gasteiger partial charge in [-0.15, -0.1) is 0 Å². The summed E-state index contributed by atoms with van der Waals surface area (Å²) in [6.45, 7) is 1.61. The second-order valence-electron chi connectivity index (χ2n) is 3.32. The van der Waals surface area contributed by atoms with E-state index in [4.69, 9.17) is 9.84 Å². The topological polar surface area (TPSA) is 29.5 Å². The van der Waals surface area contributed by atoms with Gasteiger partial charge in [-0.05, 0) is 18.4 Å². The Labute approximate surface area is 91.2 Å². The van der Waals surface area contributed by atoms with E-state index in [0.29, 0.717) is 6.61 Å². The van der Waals surface area contributed by atoms with E-state index >= 15 is 0 Å². The van der Waals surface area contributed by atoms with Crippen LogP contribution in [0.5, 0.6) is 0 Å². The van der Waals surface area contributed by atoms with E-state index in [1.807, 2.05) is 30.4 Å². The van der Waals surface area contributed by atoms with Crippen molar-refractivity contribution >= 4 is 6.08 Å². The van der Waals surface area contributed by atoms with E-state index in [9.17, 15) is 0 Å². The number of aliphatic hydroxyl groups is 1. The maximum Gasteiger partial charge on any atom is 0.0650 e. The molecule has 0 aromatic heterocycles. The van der Waals surface area contributed by atoms with Crippen molar-refractivity contribution in [2.75, 3.05) is 19.8 Å². The van der Waals surface area contributed by atoms with Crippen LogP contribution in [0.4, 0.5) is 0 Å². The number of hydrogen-bond donors (Lipinski definition) is 1. The fourth-order valence-electron chi connectivity index (χ4n) is 1.22. The van der Waals surface area contributed by atoms with Crippen LogP contribution in [0.3, 0.4) is 0 Å². The van der Waals surface area contributed by atoms with Gasteiger partial charge in [0.25, 0.3) is 0 Å². The van der Waals surface area contributed by atoms with E-state index in [0.717, 1.165) is 19.4 Å². The predicted molar refractivity (Wildman–Crippen MR) is 62.6 cm³/mol. The maximum absolute atomic E-state index is 8.55. The molecule has 0 radical (unpaired) electrons. The van der Waals surface area contributed by atoms with Crippen LogP contribution in [0.25, 0.3) is 6.08 Å². The fraction of sp³-hybridized carbons (Fsp3) is 0.385. The van der Waals surface area contributed by atoms with Crippen molar-refractivity contribution in [3.63, 3.8) is 0 Å². The molecule has 0 saturated carbocycles. The average molecular weight is 206 g/mol. The van der Waals surface area contributed by atoms with Gasteiger partial charge in [-0.1, -0.05) is 42.5 Å². The fourth-order valence-corrected chi connectivity index (χ4v) is 1.22. The Hall–Kier alpha value is -1.12. The Balaban J connectivity index is 2.07. The summed E-state index contributed by atoms with van der Waals surface area (Å²) >= 11 is 0. The quantitative estimate of drug-likeness (QED) is 0.694. The highest BCUT2D eigenvalue weighted by Crippen LogP contribution is 2.00. The highest BCUT2D eigenvalue weighted by Gasteiger charge is 1.86. The first-order valence-corrected chi connectivity index (χ1v) is 5.33. The standard InChI is InChI=1S/C13H18O2/c14-10-4-5-11-15-12-6-9-13-7-2-1-3-8-13/h1-3,6-9,14H,4-5,10-12H2. The Morgan fingerprint density at radius 3 is 2.67 bits per heavy atom. The van der Waals surface area contributed by atoms with Crippen LogP contribution in [0, 0.1) is 0 Å². The first kappa shape index (κ1) is 12.0. The predicted octanol–water partition coefficient (Wildman–Crippen LogP) is 2.49. The molecule has 2 nitrogen and oxygen atoms in total. The molecule has 0 fully saturated rings. The van der Waals surface area contributed by atoms with Gasteiger partial charge in [0.05, 0.1) is 6.61 Å². The van der Waals surface area contributed by atoms with Crippen molar-refractivity contribution in [2.24, 2.45) is 0 Å². The van der Waals surface area contributed by atoms with E-state index in [1.54, 1.807) is 0 Å². The van der Waals surface area contributed by atoms with Gasteiger partial charge in [-0.3, -0.25) is 0 Å². The molecule has 1 aromatic rings. The normalized spacial score (nSPS) is 11.0. The van der Waals surface area contributed by atoms with Crippen molar-refractivity contribution < 1.29 is 9.84 Å². The third-order valence-corrected chi connectivity index (χ3v) is 2.02. The molecule has 0 bridgehead atoms. The lowest BCUT2D eigenvalue weighted by atomic mass is 10.2. The SMILES string of the molecule is OCCCCOCC=Cc1ccccc1. The first-order valence-electron chi connectivity index (χ1n) is 5.33. The molecule has 0 aliphatic rings. The molecule has 0 spiro atoms. The zero-order valence-electron chi connectivity index (χ0n) is 8.93. The summed E-state index contributed by atoms with van der Waals surface area (Å²) in [5.74, 6) is 0. The minimum absolute atomic E-state index is 0.253. The lowest BCUT2D eigenvalue weighted by molar-refractivity contribution is 0.150. The number of benzene rings is 1. The van der Waals surface area contributed by atoms with Gasteiger partial charge >= 0.3 is 0 Å². The lowest BCUT2D eigenvalue weighted by Gasteiger charge is -1.98. The average Bonchev–Trinajstić information content (AvgIpc) is 2.29. The smallest absolute Gasteiger partial charge is 0.0650 e. The van der Waals surface area contributed by atoms with Crippen LogP contribution in [0.2, 0.25) is 0 Å². The minimum atomic E-state index is 0.253. The van der Waals surface area contributed by atoms with Gasteiger partial charge in [-0.2, -0.15) is 0 Å². The van der Waals surface area contributed by atoms with Gasteiger partial charge in [-0.25, -0.2) is 0 Å². The van der Waals surface area contributed by atoms with Crippen molar-refractivity contribution in [1.29, 1.82) is 0 Å². The monoisotopic (exact) mass is 206 g/mol. The van der Waals surface area contributed by atoms with Gasteiger partial charge in [0.2, 0.25) is 0 Å². The van der Waals surface area contributed by atoms with E-state index in [2.05, 4.69) is 12.1 Å². The molecule has 1 N–H and O–H groups in total. The summed E-state index contributed by atoms with van der Waals surface area (Å²) in [5, 5.41) is 8.55. The maximum atomic E-state index is 8.55. The van der Waals surface area contributed by atoms with Gasteiger partial charge in [0.1, 0.15) is 0 Å². The van der Waals surface area contributed by atoms with Crippen molar-refractivity contribution in [3.05, 3.63) is 42.0 Å². The number of unbranched alkanes of at least 4 members (excludes halogenated alkanes) is 1. The molecular weight excluding hydrogens is 188 g/mol. The molecular formula is C13H18O2. The summed E-state index contributed by atoms with van der Waals surface area (Å²) in [7, 11) is 0.